The second kappa shape index (κ2) is 9.02. The van der Waals surface area contributed by atoms with Crippen LogP contribution in [0.25, 0.3) is 0 Å². The van der Waals surface area contributed by atoms with Crippen LogP contribution in [0.3, 0.4) is 0 Å². The molecule has 1 aromatic rings. The third-order valence-electron chi connectivity index (χ3n) is 2.27. The van der Waals surface area contributed by atoms with Crippen molar-refractivity contribution in [2.75, 3.05) is 19.8 Å². The van der Waals surface area contributed by atoms with E-state index in [-0.39, 0.29) is 0 Å². The maximum absolute atomic E-state index is 5.52. The lowest BCUT2D eigenvalue weighted by molar-refractivity contribution is 0.108. The first-order valence-electron chi connectivity index (χ1n) is 6.18. The molecule has 0 bridgehead atoms. The highest BCUT2D eigenvalue weighted by molar-refractivity contribution is 9.11. The number of hydrogen-bond donors (Lipinski definition) is 1. The highest BCUT2D eigenvalue weighted by Gasteiger charge is 2.01. The van der Waals surface area contributed by atoms with Crippen molar-refractivity contribution in [2.45, 2.75) is 26.8 Å². The molecule has 0 fully saturated rings. The van der Waals surface area contributed by atoms with Gasteiger partial charge in [-0.25, -0.2) is 0 Å². The molecule has 18 heavy (non-hydrogen) atoms. The smallest absolute Gasteiger partial charge is 0.0684 e. The van der Waals surface area contributed by atoms with Crippen molar-refractivity contribution < 1.29 is 4.74 Å². The summed E-state index contributed by atoms with van der Waals surface area (Å²) in [5.74, 6) is 0.612. The topological polar surface area (TPSA) is 34.1 Å². The molecule has 0 aliphatic rings. The van der Waals surface area contributed by atoms with Gasteiger partial charge in [-0.05, 0) is 56.8 Å². The number of nitrogens with one attached hydrogen (secondary N) is 1. The van der Waals surface area contributed by atoms with Crippen molar-refractivity contribution in [1.29, 1.82) is 0 Å². The van der Waals surface area contributed by atoms with E-state index in [4.69, 9.17) is 4.74 Å². The van der Waals surface area contributed by atoms with Gasteiger partial charge in [0.25, 0.3) is 0 Å². The van der Waals surface area contributed by atoms with E-state index in [9.17, 15) is 0 Å². The number of halogens is 2. The normalized spacial score (nSPS) is 11.2. The van der Waals surface area contributed by atoms with Crippen molar-refractivity contribution in [3.63, 3.8) is 0 Å². The molecule has 1 heterocycles. The van der Waals surface area contributed by atoms with Gasteiger partial charge in [-0.2, -0.15) is 0 Å². The minimum atomic E-state index is 0.612. The van der Waals surface area contributed by atoms with E-state index in [1.807, 2.05) is 12.3 Å². The first-order valence-corrected chi connectivity index (χ1v) is 7.76. The van der Waals surface area contributed by atoms with Crippen molar-refractivity contribution in [1.82, 2.24) is 10.3 Å². The Labute approximate surface area is 126 Å². The third-order valence-corrected chi connectivity index (χ3v) is 3.39. The molecule has 3 nitrogen and oxygen atoms in total. The molecule has 0 aliphatic heterocycles. The monoisotopic (exact) mass is 378 g/mol. The summed E-state index contributed by atoms with van der Waals surface area (Å²) in [6, 6.07) is 2.01. The average molecular weight is 380 g/mol. The predicted octanol–water partition coefficient (Wildman–Crippen LogP) is 3.76. The zero-order valence-corrected chi connectivity index (χ0v) is 14.1. The summed E-state index contributed by atoms with van der Waals surface area (Å²) in [5, 5.41) is 3.36. The summed E-state index contributed by atoms with van der Waals surface area (Å²) in [5.41, 5.74) is 1.03. The van der Waals surface area contributed by atoms with Gasteiger partial charge in [-0.15, -0.1) is 0 Å². The van der Waals surface area contributed by atoms with E-state index >= 15 is 0 Å². The molecule has 0 amide bonds. The number of ether oxygens (including phenoxy) is 1. The van der Waals surface area contributed by atoms with Crippen LogP contribution < -0.4 is 5.32 Å². The van der Waals surface area contributed by atoms with Crippen LogP contribution in [0.15, 0.2) is 21.2 Å². The summed E-state index contributed by atoms with van der Waals surface area (Å²) in [7, 11) is 0. The van der Waals surface area contributed by atoms with E-state index in [1.165, 1.54) is 0 Å². The number of aromatic nitrogens is 1. The summed E-state index contributed by atoms with van der Waals surface area (Å²) in [6.07, 6.45) is 2.84. The second-order valence-electron chi connectivity index (χ2n) is 4.58. The highest BCUT2D eigenvalue weighted by Crippen LogP contribution is 2.19. The fourth-order valence-corrected chi connectivity index (χ4v) is 2.53. The minimum Gasteiger partial charge on any atom is -0.381 e. The Bertz CT molecular complexity index is 359. The number of pyridine rings is 1. The SMILES string of the molecule is CC(C)COCCCNCc1ncc(Br)cc1Br. The third kappa shape index (κ3) is 6.83. The highest BCUT2D eigenvalue weighted by atomic mass is 79.9. The largest absolute Gasteiger partial charge is 0.381 e. The van der Waals surface area contributed by atoms with Gasteiger partial charge in [0.2, 0.25) is 0 Å². The molecule has 0 aromatic carbocycles. The summed E-state index contributed by atoms with van der Waals surface area (Å²) in [4.78, 5) is 4.35. The van der Waals surface area contributed by atoms with Crippen molar-refractivity contribution in [3.8, 4) is 0 Å². The average Bonchev–Trinajstić information content (AvgIpc) is 2.30. The first-order chi connectivity index (χ1) is 8.59. The summed E-state index contributed by atoms with van der Waals surface area (Å²) < 4.78 is 7.53. The molecular weight excluding hydrogens is 360 g/mol. The van der Waals surface area contributed by atoms with Crippen LogP contribution in [0, 0.1) is 5.92 Å². The Kier molecular flexibility index (Phi) is 8.06. The molecule has 0 aliphatic carbocycles. The van der Waals surface area contributed by atoms with Gasteiger partial charge in [0.1, 0.15) is 0 Å². The van der Waals surface area contributed by atoms with Crippen molar-refractivity contribution in [3.05, 3.63) is 26.9 Å². The number of nitrogens with zero attached hydrogens (tertiary/aromatic N) is 1. The molecule has 1 rings (SSSR count). The quantitative estimate of drug-likeness (QED) is 0.698. The molecule has 5 heteroatoms. The standard InChI is InChI=1S/C13H20Br2N2O/c1-10(2)9-18-5-3-4-16-8-13-12(15)6-11(14)7-17-13/h6-7,10,16H,3-5,8-9H2,1-2H3. The van der Waals surface area contributed by atoms with Crippen LogP contribution in [0.5, 0.6) is 0 Å². The predicted molar refractivity (Wildman–Crippen MR) is 81.6 cm³/mol. The first kappa shape index (κ1) is 16.1. The zero-order valence-electron chi connectivity index (χ0n) is 10.9. The second-order valence-corrected chi connectivity index (χ2v) is 6.35. The molecule has 0 spiro atoms. The van der Waals surface area contributed by atoms with E-state index in [1.54, 1.807) is 0 Å². The maximum atomic E-state index is 5.52. The lowest BCUT2D eigenvalue weighted by atomic mass is 10.2. The molecule has 0 saturated carbocycles. The van der Waals surface area contributed by atoms with Crippen LogP contribution in [-0.4, -0.2) is 24.7 Å². The fraction of sp³-hybridized carbons (Fsp3) is 0.615. The van der Waals surface area contributed by atoms with Crippen LogP contribution in [-0.2, 0) is 11.3 Å². The molecular formula is C13H20Br2N2O. The lowest BCUT2D eigenvalue weighted by Crippen LogP contribution is -2.18. The van der Waals surface area contributed by atoms with Crippen LogP contribution in [0.4, 0.5) is 0 Å². The van der Waals surface area contributed by atoms with Gasteiger partial charge in [-0.3, -0.25) is 4.98 Å². The van der Waals surface area contributed by atoms with Gasteiger partial charge in [-0.1, -0.05) is 13.8 Å². The molecule has 0 saturated heterocycles. The molecule has 0 atom stereocenters. The fourth-order valence-electron chi connectivity index (χ4n) is 1.40. The number of rotatable bonds is 8. The Morgan fingerprint density at radius 1 is 1.39 bits per heavy atom. The summed E-state index contributed by atoms with van der Waals surface area (Å²) >= 11 is 6.89. The van der Waals surface area contributed by atoms with Crippen LogP contribution >= 0.6 is 31.9 Å². The van der Waals surface area contributed by atoms with Crippen molar-refractivity contribution in [2.24, 2.45) is 5.92 Å². The zero-order chi connectivity index (χ0) is 13.4. The lowest BCUT2D eigenvalue weighted by Gasteiger charge is -2.08. The minimum absolute atomic E-state index is 0.612. The van der Waals surface area contributed by atoms with Gasteiger partial charge < -0.3 is 10.1 Å². The Balaban J connectivity index is 2.11. The van der Waals surface area contributed by atoms with E-state index in [0.29, 0.717) is 5.92 Å². The Hall–Kier alpha value is 0.0300. The molecule has 0 radical (unpaired) electrons. The van der Waals surface area contributed by atoms with E-state index < -0.39 is 0 Å². The molecule has 0 unspecified atom stereocenters. The summed E-state index contributed by atoms with van der Waals surface area (Å²) in [6.45, 7) is 7.71. The molecule has 1 N–H and O–H groups in total. The maximum Gasteiger partial charge on any atom is 0.0684 e. The van der Waals surface area contributed by atoms with E-state index in [2.05, 4.69) is 56.0 Å². The molecule has 102 valence electrons. The van der Waals surface area contributed by atoms with Crippen LogP contribution in [0.2, 0.25) is 0 Å². The van der Waals surface area contributed by atoms with Gasteiger partial charge in [0.05, 0.1) is 5.69 Å². The van der Waals surface area contributed by atoms with Crippen molar-refractivity contribution >= 4 is 31.9 Å². The Morgan fingerprint density at radius 3 is 2.83 bits per heavy atom. The van der Waals surface area contributed by atoms with E-state index in [0.717, 1.165) is 47.4 Å². The van der Waals surface area contributed by atoms with Gasteiger partial charge in [0, 0.05) is 34.9 Å². The Morgan fingerprint density at radius 2 is 2.17 bits per heavy atom. The van der Waals surface area contributed by atoms with Crippen LogP contribution in [0.1, 0.15) is 26.0 Å². The van der Waals surface area contributed by atoms with Gasteiger partial charge >= 0.3 is 0 Å². The molecule has 1 aromatic heterocycles. The number of hydrogen-bond acceptors (Lipinski definition) is 3. The van der Waals surface area contributed by atoms with Gasteiger partial charge in [0.15, 0.2) is 0 Å².